The topological polar surface area (TPSA) is 93.1 Å². The Morgan fingerprint density at radius 2 is 2.10 bits per heavy atom. The van der Waals surface area contributed by atoms with Crippen molar-refractivity contribution < 1.29 is 27.8 Å². The van der Waals surface area contributed by atoms with Gasteiger partial charge in [0.25, 0.3) is 0 Å². The molecule has 1 unspecified atom stereocenters. The number of methoxy groups -OCH3 is 2. The molecule has 1 aromatic carbocycles. The van der Waals surface area contributed by atoms with Crippen molar-refractivity contribution >= 4 is 16.0 Å². The minimum absolute atomic E-state index is 0.0686. The molecule has 0 aliphatic carbocycles. The molecule has 0 aromatic heterocycles. The number of benzene rings is 1. The average Bonchev–Trinajstić information content (AvgIpc) is 2.94. The van der Waals surface area contributed by atoms with E-state index in [1.54, 1.807) is 12.1 Å². The van der Waals surface area contributed by atoms with Crippen molar-refractivity contribution in [3.05, 3.63) is 24.3 Å². The molecule has 0 radical (unpaired) electrons. The lowest BCUT2D eigenvalue weighted by Gasteiger charge is -2.23. The lowest BCUT2D eigenvalue weighted by molar-refractivity contribution is -0.160. The average molecular weight is 315 g/mol. The van der Waals surface area contributed by atoms with Gasteiger partial charge in [-0.05, 0) is 12.1 Å². The summed E-state index contributed by atoms with van der Waals surface area (Å²) < 4.78 is 36.3. The number of carboxylic acid groups (broad SMARTS) is 1. The van der Waals surface area contributed by atoms with Gasteiger partial charge in [-0.25, -0.2) is 13.2 Å². The number of hydrogen-bond acceptors (Lipinski definition) is 5. The van der Waals surface area contributed by atoms with E-state index in [2.05, 4.69) is 0 Å². The van der Waals surface area contributed by atoms with Gasteiger partial charge in [0.05, 0.1) is 18.6 Å². The molecule has 0 amide bonds. The normalized spacial score (nSPS) is 23.1. The highest BCUT2D eigenvalue weighted by Gasteiger charge is 2.49. The molecule has 1 saturated heterocycles. The maximum Gasteiger partial charge on any atom is 0.337 e. The summed E-state index contributed by atoms with van der Waals surface area (Å²) >= 11 is 0. The van der Waals surface area contributed by atoms with Gasteiger partial charge in [-0.1, -0.05) is 6.07 Å². The molecule has 8 heteroatoms. The highest BCUT2D eigenvalue weighted by molar-refractivity contribution is 7.89. The number of carbonyl (C=O) groups is 1. The Balaban J connectivity index is 2.31. The third-order valence-electron chi connectivity index (χ3n) is 3.66. The highest BCUT2D eigenvalue weighted by atomic mass is 32.2. The first kappa shape index (κ1) is 15.7. The molecule has 0 spiro atoms. The van der Waals surface area contributed by atoms with Crippen LogP contribution in [0.2, 0.25) is 0 Å². The third kappa shape index (κ3) is 2.74. The van der Waals surface area contributed by atoms with Gasteiger partial charge in [-0.2, -0.15) is 4.31 Å². The molecular formula is C13H17NO6S. The number of aliphatic carboxylic acids is 1. The van der Waals surface area contributed by atoms with E-state index in [0.29, 0.717) is 5.75 Å². The summed E-state index contributed by atoms with van der Waals surface area (Å²) in [6.45, 7) is -0.113. The number of sulfonamides is 1. The molecule has 2 rings (SSSR count). The smallest absolute Gasteiger partial charge is 0.337 e. The summed E-state index contributed by atoms with van der Waals surface area (Å²) in [4.78, 5) is 11.4. The summed E-state index contributed by atoms with van der Waals surface area (Å²) in [6, 6.07) is 6.07. The number of carboxylic acids is 1. The maximum absolute atomic E-state index is 12.6. The predicted molar refractivity (Wildman–Crippen MR) is 73.7 cm³/mol. The van der Waals surface area contributed by atoms with Gasteiger partial charge in [0.15, 0.2) is 5.60 Å². The van der Waals surface area contributed by atoms with Crippen molar-refractivity contribution in [3.63, 3.8) is 0 Å². The van der Waals surface area contributed by atoms with Gasteiger partial charge in [-0.3, -0.25) is 0 Å². The largest absolute Gasteiger partial charge is 0.497 e. The SMILES string of the molecule is COc1cccc(S(=O)(=O)N2CCC(OC)(C(=O)O)C2)c1. The van der Waals surface area contributed by atoms with Crippen molar-refractivity contribution in [2.45, 2.75) is 16.9 Å². The fraction of sp³-hybridized carbons (Fsp3) is 0.462. The van der Waals surface area contributed by atoms with Crippen LogP contribution in [-0.2, 0) is 19.6 Å². The van der Waals surface area contributed by atoms with Crippen molar-refractivity contribution in [1.29, 1.82) is 0 Å². The van der Waals surface area contributed by atoms with Crippen LogP contribution in [0.4, 0.5) is 0 Å². The number of ether oxygens (including phenoxy) is 2. The van der Waals surface area contributed by atoms with E-state index in [0.717, 1.165) is 4.31 Å². The Morgan fingerprint density at radius 1 is 1.38 bits per heavy atom. The third-order valence-corrected chi connectivity index (χ3v) is 5.50. The van der Waals surface area contributed by atoms with E-state index in [1.807, 2.05) is 0 Å². The first-order valence-electron chi connectivity index (χ1n) is 6.28. The summed E-state index contributed by atoms with van der Waals surface area (Å²) in [7, 11) is -1.06. The summed E-state index contributed by atoms with van der Waals surface area (Å²) in [5.74, 6) is -0.736. The van der Waals surface area contributed by atoms with Crippen LogP contribution in [0.3, 0.4) is 0 Å². The maximum atomic E-state index is 12.6. The van der Waals surface area contributed by atoms with Gasteiger partial charge in [0.2, 0.25) is 10.0 Å². The molecule has 0 bridgehead atoms. The van der Waals surface area contributed by atoms with Crippen LogP contribution in [0.25, 0.3) is 0 Å². The van der Waals surface area contributed by atoms with Crippen molar-refractivity contribution in [3.8, 4) is 5.75 Å². The Morgan fingerprint density at radius 3 is 2.62 bits per heavy atom. The van der Waals surface area contributed by atoms with Crippen LogP contribution in [0.1, 0.15) is 6.42 Å². The van der Waals surface area contributed by atoms with Gasteiger partial charge in [-0.15, -0.1) is 0 Å². The molecule has 1 aromatic rings. The Bertz CT molecular complexity index is 644. The minimum atomic E-state index is -3.78. The standard InChI is InChI=1S/C13H17NO6S/c1-19-10-4-3-5-11(8-10)21(17,18)14-7-6-13(9-14,20-2)12(15)16/h3-5,8H,6-7,9H2,1-2H3,(H,15,16). The van der Waals surface area contributed by atoms with E-state index in [4.69, 9.17) is 9.47 Å². The lowest BCUT2D eigenvalue weighted by atomic mass is 10.0. The van der Waals surface area contributed by atoms with Crippen molar-refractivity contribution in [1.82, 2.24) is 4.31 Å². The lowest BCUT2D eigenvalue weighted by Crippen LogP contribution is -2.44. The Hall–Kier alpha value is -1.64. The fourth-order valence-electron chi connectivity index (χ4n) is 2.29. The zero-order valence-electron chi connectivity index (χ0n) is 11.8. The molecule has 7 nitrogen and oxygen atoms in total. The predicted octanol–water partition coefficient (Wildman–Crippen LogP) is 0.559. The molecule has 1 N–H and O–H groups in total. The van der Waals surface area contributed by atoms with Crippen molar-refractivity contribution in [2.75, 3.05) is 27.3 Å². The highest BCUT2D eigenvalue weighted by Crippen LogP contribution is 2.30. The first-order valence-corrected chi connectivity index (χ1v) is 7.72. The zero-order valence-corrected chi connectivity index (χ0v) is 12.6. The van der Waals surface area contributed by atoms with E-state index in [1.165, 1.54) is 26.4 Å². The minimum Gasteiger partial charge on any atom is -0.497 e. The zero-order chi connectivity index (χ0) is 15.7. The fourth-order valence-corrected chi connectivity index (χ4v) is 3.82. The first-order chi connectivity index (χ1) is 9.85. The molecule has 1 atom stereocenters. The molecule has 1 aliphatic heterocycles. The van der Waals surface area contributed by atoms with Crippen LogP contribution in [0.15, 0.2) is 29.2 Å². The van der Waals surface area contributed by atoms with Gasteiger partial charge < -0.3 is 14.6 Å². The summed E-state index contributed by atoms with van der Waals surface area (Å²) in [5.41, 5.74) is -1.48. The Kier molecular flexibility index (Phi) is 4.22. The van der Waals surface area contributed by atoms with Crippen LogP contribution in [0, 0.1) is 0 Å². The second-order valence-electron chi connectivity index (χ2n) is 4.77. The number of rotatable bonds is 5. The van der Waals surface area contributed by atoms with E-state index < -0.39 is 21.6 Å². The molecule has 1 heterocycles. The van der Waals surface area contributed by atoms with Gasteiger partial charge in [0, 0.05) is 26.1 Å². The van der Waals surface area contributed by atoms with Crippen molar-refractivity contribution in [2.24, 2.45) is 0 Å². The quantitative estimate of drug-likeness (QED) is 0.853. The Labute approximate surface area is 123 Å². The van der Waals surface area contributed by atoms with Crippen LogP contribution >= 0.6 is 0 Å². The molecule has 116 valence electrons. The molecule has 21 heavy (non-hydrogen) atoms. The summed E-state index contributed by atoms with van der Waals surface area (Å²) in [6.07, 6.45) is 0.113. The van der Waals surface area contributed by atoms with Gasteiger partial charge >= 0.3 is 5.97 Å². The van der Waals surface area contributed by atoms with E-state index >= 15 is 0 Å². The van der Waals surface area contributed by atoms with E-state index in [9.17, 15) is 18.3 Å². The molecule has 1 aliphatic rings. The van der Waals surface area contributed by atoms with Crippen LogP contribution in [0.5, 0.6) is 5.75 Å². The van der Waals surface area contributed by atoms with Gasteiger partial charge in [0.1, 0.15) is 5.75 Å². The molecular weight excluding hydrogens is 298 g/mol. The van der Waals surface area contributed by atoms with Crippen LogP contribution < -0.4 is 4.74 Å². The summed E-state index contributed by atoms with van der Waals surface area (Å²) in [5, 5.41) is 9.23. The monoisotopic (exact) mass is 315 g/mol. The molecule has 0 saturated carbocycles. The number of nitrogens with zero attached hydrogens (tertiary/aromatic N) is 1. The molecule has 1 fully saturated rings. The second kappa shape index (κ2) is 5.63. The number of hydrogen-bond donors (Lipinski definition) is 1. The second-order valence-corrected chi connectivity index (χ2v) is 6.71. The van der Waals surface area contributed by atoms with Crippen LogP contribution in [-0.4, -0.2) is 56.7 Å². The van der Waals surface area contributed by atoms with E-state index in [-0.39, 0.29) is 24.4 Å².